The maximum atomic E-state index is 11.9. The number of hydrogen-bond donors (Lipinski definition) is 1. The fourth-order valence-corrected chi connectivity index (χ4v) is 2.78. The normalized spacial score (nSPS) is 32.6. The maximum absolute atomic E-state index is 11.9. The Kier molecular flexibility index (Phi) is 3.84. The van der Waals surface area contributed by atoms with E-state index in [1.165, 1.54) is 19.8 Å². The van der Waals surface area contributed by atoms with Gasteiger partial charge in [0.15, 0.2) is 0 Å². The van der Waals surface area contributed by atoms with Gasteiger partial charge in [0, 0.05) is 6.04 Å². The molecule has 6 heteroatoms. The summed E-state index contributed by atoms with van der Waals surface area (Å²) >= 11 is 0. The van der Waals surface area contributed by atoms with Crippen molar-refractivity contribution in [3.05, 3.63) is 0 Å². The number of carbonyl (C=O) groups excluding carboxylic acids is 1. The number of alkyl halides is 3. The Morgan fingerprint density at radius 2 is 1.89 bits per heavy atom. The van der Waals surface area contributed by atoms with Crippen molar-refractivity contribution in [2.24, 2.45) is 11.8 Å². The number of ether oxygens (including phenoxy) is 1. The second-order valence-corrected chi connectivity index (χ2v) is 5.21. The van der Waals surface area contributed by atoms with Crippen LogP contribution < -0.4 is 5.32 Å². The predicted molar refractivity (Wildman–Crippen MR) is 58.8 cm³/mol. The Bertz CT molecular complexity index is 307. The summed E-state index contributed by atoms with van der Waals surface area (Å²) in [4.78, 5) is 11.7. The number of halogens is 3. The van der Waals surface area contributed by atoms with Gasteiger partial charge in [-0.2, -0.15) is 13.2 Å². The van der Waals surface area contributed by atoms with Gasteiger partial charge in [-0.05, 0) is 31.6 Å². The first-order chi connectivity index (χ1) is 8.38. The molecular formula is C12H18F3NO2. The Balaban J connectivity index is 1.71. The number of hydrogen-bond acceptors (Lipinski definition) is 2. The van der Waals surface area contributed by atoms with Crippen molar-refractivity contribution in [3.63, 3.8) is 0 Å². The summed E-state index contributed by atoms with van der Waals surface area (Å²) in [6.07, 6.45) is -0.821. The summed E-state index contributed by atoms with van der Waals surface area (Å²) in [5, 5.41) is 2.80. The fourth-order valence-electron chi connectivity index (χ4n) is 2.78. The van der Waals surface area contributed by atoms with Gasteiger partial charge < -0.3 is 10.1 Å². The number of rotatable bonds is 4. The summed E-state index contributed by atoms with van der Waals surface area (Å²) in [5.41, 5.74) is 0. The molecule has 104 valence electrons. The second kappa shape index (κ2) is 5.07. The van der Waals surface area contributed by atoms with Gasteiger partial charge in [-0.15, -0.1) is 0 Å². The molecule has 0 aromatic heterocycles. The van der Waals surface area contributed by atoms with Gasteiger partial charge >= 0.3 is 6.18 Å². The molecule has 2 saturated carbocycles. The smallest absolute Gasteiger partial charge is 0.359 e. The summed E-state index contributed by atoms with van der Waals surface area (Å²) in [5.74, 6) is 0.647. The summed E-state index contributed by atoms with van der Waals surface area (Å²) in [6.45, 7) is -0.0216. The number of carbonyl (C=O) groups is 1. The Morgan fingerprint density at radius 3 is 2.39 bits per heavy atom. The number of fused-ring (bicyclic) bond motifs is 1. The van der Waals surface area contributed by atoms with Gasteiger partial charge in [-0.25, -0.2) is 0 Å². The molecule has 2 fully saturated rings. The molecule has 0 radical (unpaired) electrons. The third-order valence-corrected chi connectivity index (χ3v) is 3.83. The lowest BCUT2D eigenvalue weighted by molar-refractivity contribution is -0.185. The Labute approximate surface area is 104 Å². The average molecular weight is 265 g/mol. The Morgan fingerprint density at radius 1 is 1.33 bits per heavy atom. The Hall–Kier alpha value is -0.780. The maximum Gasteiger partial charge on any atom is 0.411 e. The van der Waals surface area contributed by atoms with Crippen LogP contribution in [0.5, 0.6) is 0 Å². The van der Waals surface area contributed by atoms with Crippen molar-refractivity contribution in [2.75, 3.05) is 6.61 Å². The largest absolute Gasteiger partial charge is 0.411 e. The van der Waals surface area contributed by atoms with Crippen LogP contribution in [0.4, 0.5) is 13.2 Å². The summed E-state index contributed by atoms with van der Waals surface area (Å²) in [6, 6.07) is 0.164. The minimum Gasteiger partial charge on any atom is -0.359 e. The minimum absolute atomic E-state index is 0.164. The van der Waals surface area contributed by atoms with E-state index in [9.17, 15) is 18.0 Å². The molecule has 3 unspecified atom stereocenters. The van der Waals surface area contributed by atoms with E-state index in [1.54, 1.807) is 0 Å². The zero-order valence-electron chi connectivity index (χ0n) is 10.3. The molecule has 0 bridgehead atoms. The zero-order valence-corrected chi connectivity index (χ0v) is 10.3. The van der Waals surface area contributed by atoms with Gasteiger partial charge in [0.2, 0.25) is 5.91 Å². The van der Waals surface area contributed by atoms with Crippen LogP contribution in [-0.2, 0) is 9.53 Å². The van der Waals surface area contributed by atoms with Crippen molar-refractivity contribution in [1.82, 2.24) is 5.32 Å². The SMILES string of the molecule is CC(OCC(F)(F)F)C(=O)NC1C2CCCCC21. The first-order valence-corrected chi connectivity index (χ1v) is 6.37. The van der Waals surface area contributed by atoms with E-state index in [1.807, 2.05) is 0 Å². The van der Waals surface area contributed by atoms with Crippen LogP contribution in [0.25, 0.3) is 0 Å². The fraction of sp³-hybridized carbons (Fsp3) is 0.917. The molecule has 2 aliphatic rings. The van der Waals surface area contributed by atoms with Crippen molar-refractivity contribution >= 4 is 5.91 Å². The molecule has 0 aromatic carbocycles. The van der Waals surface area contributed by atoms with E-state index >= 15 is 0 Å². The van der Waals surface area contributed by atoms with Gasteiger partial charge in [0.1, 0.15) is 12.7 Å². The molecule has 2 aliphatic carbocycles. The highest BCUT2D eigenvalue weighted by Gasteiger charge is 2.51. The van der Waals surface area contributed by atoms with Crippen LogP contribution in [-0.4, -0.2) is 30.8 Å². The van der Waals surface area contributed by atoms with Gasteiger partial charge in [-0.3, -0.25) is 4.79 Å². The quantitative estimate of drug-likeness (QED) is 0.846. The number of nitrogens with one attached hydrogen (secondary N) is 1. The lowest BCUT2D eigenvalue weighted by Gasteiger charge is -2.14. The van der Waals surface area contributed by atoms with E-state index in [4.69, 9.17) is 0 Å². The molecule has 0 aliphatic heterocycles. The topological polar surface area (TPSA) is 38.3 Å². The van der Waals surface area contributed by atoms with Crippen molar-refractivity contribution in [2.45, 2.75) is 50.9 Å². The molecular weight excluding hydrogens is 247 g/mol. The second-order valence-electron chi connectivity index (χ2n) is 5.21. The minimum atomic E-state index is -4.39. The molecule has 3 nitrogen and oxygen atoms in total. The van der Waals surface area contributed by atoms with Gasteiger partial charge in [0.05, 0.1) is 0 Å². The van der Waals surface area contributed by atoms with Crippen LogP contribution in [0.3, 0.4) is 0 Å². The highest BCUT2D eigenvalue weighted by atomic mass is 19.4. The first kappa shape index (κ1) is 13.6. The molecule has 18 heavy (non-hydrogen) atoms. The monoisotopic (exact) mass is 265 g/mol. The van der Waals surface area contributed by atoms with E-state index in [0.717, 1.165) is 12.8 Å². The first-order valence-electron chi connectivity index (χ1n) is 6.37. The molecule has 1 amide bonds. The van der Waals surface area contributed by atoms with E-state index in [2.05, 4.69) is 10.1 Å². The van der Waals surface area contributed by atoms with Crippen molar-refractivity contribution in [1.29, 1.82) is 0 Å². The molecule has 2 rings (SSSR count). The highest BCUT2D eigenvalue weighted by Crippen LogP contribution is 2.49. The van der Waals surface area contributed by atoms with Crippen molar-refractivity contribution in [3.8, 4) is 0 Å². The lowest BCUT2D eigenvalue weighted by Crippen LogP contribution is -2.38. The molecule has 0 heterocycles. The van der Waals surface area contributed by atoms with Crippen LogP contribution in [0.2, 0.25) is 0 Å². The molecule has 0 spiro atoms. The van der Waals surface area contributed by atoms with E-state index < -0.39 is 24.8 Å². The van der Waals surface area contributed by atoms with Crippen LogP contribution >= 0.6 is 0 Å². The molecule has 0 aromatic rings. The average Bonchev–Trinajstić information content (AvgIpc) is 2.99. The summed E-state index contributed by atoms with van der Waals surface area (Å²) in [7, 11) is 0. The molecule has 3 atom stereocenters. The standard InChI is InChI=1S/C12H18F3NO2/c1-7(18-6-12(13,14)15)11(17)16-10-8-4-2-3-5-9(8)10/h7-10H,2-6H2,1H3,(H,16,17). The molecule has 1 N–H and O–H groups in total. The van der Waals surface area contributed by atoms with Crippen molar-refractivity contribution < 1.29 is 22.7 Å². The zero-order chi connectivity index (χ0) is 13.3. The lowest BCUT2D eigenvalue weighted by atomic mass is 10.0. The third kappa shape index (κ3) is 3.37. The van der Waals surface area contributed by atoms with E-state index in [-0.39, 0.29) is 6.04 Å². The highest BCUT2D eigenvalue weighted by molar-refractivity contribution is 5.81. The van der Waals surface area contributed by atoms with Crippen LogP contribution in [0, 0.1) is 11.8 Å². The van der Waals surface area contributed by atoms with Crippen LogP contribution in [0.1, 0.15) is 32.6 Å². The van der Waals surface area contributed by atoms with Gasteiger partial charge in [-0.1, -0.05) is 12.8 Å². The predicted octanol–water partition coefficient (Wildman–Crippen LogP) is 2.26. The summed E-state index contributed by atoms with van der Waals surface area (Å²) < 4.78 is 40.3. The number of amides is 1. The van der Waals surface area contributed by atoms with E-state index in [0.29, 0.717) is 11.8 Å². The van der Waals surface area contributed by atoms with Gasteiger partial charge in [0.25, 0.3) is 0 Å². The van der Waals surface area contributed by atoms with Crippen LogP contribution in [0.15, 0.2) is 0 Å². The third-order valence-electron chi connectivity index (χ3n) is 3.83. The molecule has 0 saturated heterocycles.